The quantitative estimate of drug-likeness (QED) is 0.502. The van der Waals surface area contributed by atoms with Crippen molar-refractivity contribution in [2.24, 2.45) is 11.8 Å². The number of amides is 2. The van der Waals surface area contributed by atoms with Crippen molar-refractivity contribution in [3.05, 3.63) is 29.8 Å². The van der Waals surface area contributed by atoms with Gasteiger partial charge >= 0.3 is 6.36 Å². The van der Waals surface area contributed by atoms with Gasteiger partial charge in [-0.25, -0.2) is 0 Å². The maximum absolute atomic E-state index is 14.0. The fourth-order valence-electron chi connectivity index (χ4n) is 6.33. The first-order chi connectivity index (χ1) is 18.2. The molecule has 1 saturated carbocycles. The van der Waals surface area contributed by atoms with E-state index in [-0.39, 0.29) is 35.6 Å². The Bertz CT molecular complexity index is 954. The summed E-state index contributed by atoms with van der Waals surface area (Å²) in [6.07, 6.45) is 2.80. The minimum absolute atomic E-state index is 0.0202. The molecule has 2 N–H and O–H groups in total. The molecule has 0 aromatic heterocycles. The highest BCUT2D eigenvalue weighted by molar-refractivity contribution is 5.90. The highest BCUT2D eigenvalue weighted by atomic mass is 19.4. The van der Waals surface area contributed by atoms with Gasteiger partial charge in [0.1, 0.15) is 11.8 Å². The van der Waals surface area contributed by atoms with Gasteiger partial charge in [-0.15, -0.1) is 13.2 Å². The number of benzene rings is 1. The summed E-state index contributed by atoms with van der Waals surface area (Å²) in [7, 11) is 1.73. The van der Waals surface area contributed by atoms with Crippen LogP contribution in [-0.2, 0) is 16.0 Å². The van der Waals surface area contributed by atoms with Gasteiger partial charge in [0.05, 0.1) is 6.04 Å². The van der Waals surface area contributed by atoms with Crippen LogP contribution in [0.15, 0.2) is 24.3 Å². The average molecular weight is 539 g/mol. The molecule has 2 heterocycles. The van der Waals surface area contributed by atoms with Gasteiger partial charge in [-0.2, -0.15) is 0 Å². The molecule has 10 heteroatoms. The van der Waals surface area contributed by atoms with Crippen LogP contribution in [0.5, 0.6) is 5.75 Å². The average Bonchev–Trinajstić information content (AvgIpc) is 3.33. The molecule has 0 unspecified atom stereocenters. The van der Waals surface area contributed by atoms with E-state index >= 15 is 0 Å². The number of carbonyl (C=O) groups is 2. The molecule has 2 amide bonds. The molecule has 4 rings (SSSR count). The highest BCUT2D eigenvalue weighted by Crippen LogP contribution is 2.35. The Hall–Kier alpha value is -2.33. The van der Waals surface area contributed by atoms with Gasteiger partial charge in [0, 0.05) is 25.7 Å². The number of para-hydroxylation sites is 1. The maximum atomic E-state index is 14.0. The molecular formula is C28H41F3N4O3. The number of hydrogen-bond donors (Lipinski definition) is 2. The minimum Gasteiger partial charge on any atom is -0.406 e. The van der Waals surface area contributed by atoms with Crippen LogP contribution < -0.4 is 15.4 Å². The van der Waals surface area contributed by atoms with Crippen LogP contribution in [0.3, 0.4) is 0 Å². The van der Waals surface area contributed by atoms with Crippen LogP contribution in [0.2, 0.25) is 0 Å². The smallest absolute Gasteiger partial charge is 0.406 e. The van der Waals surface area contributed by atoms with Crippen LogP contribution in [0.1, 0.15) is 57.4 Å². The number of likely N-dealkylation sites (N-methyl/N-ethyl adjacent to an activating group) is 1. The summed E-state index contributed by atoms with van der Waals surface area (Å²) < 4.78 is 42.7. The second-order valence-electron chi connectivity index (χ2n) is 11.0. The van der Waals surface area contributed by atoms with Crippen LogP contribution in [0, 0.1) is 11.8 Å². The molecule has 3 fully saturated rings. The van der Waals surface area contributed by atoms with E-state index in [0.29, 0.717) is 37.5 Å². The molecule has 2 saturated heterocycles. The molecule has 38 heavy (non-hydrogen) atoms. The van der Waals surface area contributed by atoms with E-state index in [9.17, 15) is 22.8 Å². The molecule has 212 valence electrons. The van der Waals surface area contributed by atoms with E-state index in [2.05, 4.69) is 20.3 Å². The van der Waals surface area contributed by atoms with Crippen molar-refractivity contribution in [3.8, 4) is 5.75 Å². The molecular weight excluding hydrogens is 497 g/mol. The zero-order valence-electron chi connectivity index (χ0n) is 22.4. The van der Waals surface area contributed by atoms with Gasteiger partial charge in [0.25, 0.3) is 0 Å². The van der Waals surface area contributed by atoms with Gasteiger partial charge in [0.2, 0.25) is 11.8 Å². The molecule has 1 aromatic rings. The minimum atomic E-state index is -4.73. The number of nitrogens with zero attached hydrogens (tertiary/aromatic N) is 2. The lowest BCUT2D eigenvalue weighted by Crippen LogP contribution is -2.58. The van der Waals surface area contributed by atoms with Crippen LogP contribution in [-0.4, -0.2) is 79.3 Å². The number of hydrogen-bond acceptors (Lipinski definition) is 5. The molecule has 1 aromatic carbocycles. The Balaban J connectivity index is 1.42. The first-order valence-electron chi connectivity index (χ1n) is 14.0. The number of alkyl halides is 3. The van der Waals surface area contributed by atoms with Crippen LogP contribution in [0.25, 0.3) is 0 Å². The van der Waals surface area contributed by atoms with E-state index in [1.807, 2.05) is 4.90 Å². The molecule has 3 aliphatic rings. The monoisotopic (exact) mass is 538 g/mol. The van der Waals surface area contributed by atoms with E-state index in [1.54, 1.807) is 26.1 Å². The van der Waals surface area contributed by atoms with Gasteiger partial charge in [-0.05, 0) is 76.1 Å². The summed E-state index contributed by atoms with van der Waals surface area (Å²) in [4.78, 5) is 31.0. The van der Waals surface area contributed by atoms with Gasteiger partial charge < -0.3 is 25.2 Å². The fourth-order valence-corrected chi connectivity index (χ4v) is 6.33. The van der Waals surface area contributed by atoms with E-state index < -0.39 is 12.4 Å². The largest absolute Gasteiger partial charge is 0.573 e. The Kier molecular flexibility index (Phi) is 9.57. The van der Waals surface area contributed by atoms with Crippen molar-refractivity contribution in [2.45, 2.75) is 82.8 Å². The van der Waals surface area contributed by atoms with Crippen LogP contribution >= 0.6 is 0 Å². The number of nitrogens with one attached hydrogen (secondary N) is 2. The summed E-state index contributed by atoms with van der Waals surface area (Å²) in [6, 6.07) is 5.44. The molecule has 4 atom stereocenters. The second kappa shape index (κ2) is 12.7. The summed E-state index contributed by atoms with van der Waals surface area (Å²) in [6.45, 7) is 4.61. The summed E-state index contributed by atoms with van der Waals surface area (Å²) in [5.41, 5.74) is 0.519. The molecule has 0 spiro atoms. The van der Waals surface area contributed by atoms with Crippen molar-refractivity contribution < 1.29 is 27.5 Å². The lowest BCUT2D eigenvalue weighted by atomic mass is 9.83. The number of likely N-dealkylation sites (tertiary alicyclic amines) is 2. The Morgan fingerprint density at radius 1 is 1.08 bits per heavy atom. The zero-order valence-corrected chi connectivity index (χ0v) is 22.4. The van der Waals surface area contributed by atoms with E-state index in [1.165, 1.54) is 18.6 Å². The molecule has 7 nitrogen and oxygen atoms in total. The molecule has 2 aliphatic heterocycles. The summed E-state index contributed by atoms with van der Waals surface area (Å²) in [5.74, 6) is 0.265. The number of piperidine rings is 1. The lowest BCUT2D eigenvalue weighted by Gasteiger charge is -2.41. The van der Waals surface area contributed by atoms with E-state index in [4.69, 9.17) is 0 Å². The Morgan fingerprint density at radius 2 is 1.79 bits per heavy atom. The molecule has 0 radical (unpaired) electrons. The topological polar surface area (TPSA) is 73.9 Å². The highest BCUT2D eigenvalue weighted by Gasteiger charge is 2.44. The predicted molar refractivity (Wildman–Crippen MR) is 139 cm³/mol. The standard InChI is InChI=1S/C28H41F3N4O3/c1-19(32-2)26(36)33-25(22-9-4-3-5-10-22)27(37)35-17-14-20-12-15-34(18-23(20)35)16-13-21-8-6-7-11-24(21)38-28(29,30)31/h6-8,11,19-20,22-23,25,32H,3-5,9-10,12-18H2,1-2H3,(H,33,36)/t19-,20+,23+,25-/m0/s1. The first kappa shape index (κ1) is 28.7. The first-order valence-corrected chi connectivity index (χ1v) is 14.0. The van der Waals surface area contributed by atoms with Crippen LogP contribution in [0.4, 0.5) is 13.2 Å². The van der Waals surface area contributed by atoms with Crippen molar-refractivity contribution in [3.63, 3.8) is 0 Å². The number of rotatable bonds is 9. The fraction of sp³-hybridized carbons (Fsp3) is 0.714. The Labute approximate surface area is 223 Å². The molecule has 1 aliphatic carbocycles. The SMILES string of the molecule is CN[C@@H](C)C(=O)N[C@H](C(=O)N1CC[C@H]2CCN(CCc3ccccc3OC(F)(F)F)C[C@H]21)C1CCCCC1. The van der Waals surface area contributed by atoms with Crippen molar-refractivity contribution in [1.82, 2.24) is 20.4 Å². The van der Waals surface area contributed by atoms with Crippen molar-refractivity contribution >= 4 is 11.8 Å². The maximum Gasteiger partial charge on any atom is 0.573 e. The second-order valence-corrected chi connectivity index (χ2v) is 11.0. The third-order valence-electron chi connectivity index (χ3n) is 8.64. The summed E-state index contributed by atoms with van der Waals surface area (Å²) in [5, 5.41) is 6.04. The van der Waals surface area contributed by atoms with Gasteiger partial charge in [-0.1, -0.05) is 37.5 Å². The van der Waals surface area contributed by atoms with Crippen molar-refractivity contribution in [2.75, 3.05) is 33.2 Å². The van der Waals surface area contributed by atoms with Gasteiger partial charge in [0.15, 0.2) is 0 Å². The molecule has 0 bridgehead atoms. The number of halogens is 3. The Morgan fingerprint density at radius 3 is 2.50 bits per heavy atom. The number of ether oxygens (including phenoxy) is 1. The normalized spacial score (nSPS) is 24.5. The predicted octanol–water partition coefficient (Wildman–Crippen LogP) is 3.72. The zero-order chi connectivity index (χ0) is 27.3. The van der Waals surface area contributed by atoms with Crippen molar-refractivity contribution in [1.29, 1.82) is 0 Å². The lowest BCUT2D eigenvalue weighted by molar-refractivity contribution is -0.274. The number of carbonyl (C=O) groups excluding carboxylic acids is 2. The third-order valence-corrected chi connectivity index (χ3v) is 8.64. The number of fused-ring (bicyclic) bond motifs is 1. The summed E-state index contributed by atoms with van der Waals surface area (Å²) >= 11 is 0. The van der Waals surface area contributed by atoms with Gasteiger partial charge in [-0.3, -0.25) is 9.59 Å². The third kappa shape index (κ3) is 7.20. The van der Waals surface area contributed by atoms with E-state index in [0.717, 1.165) is 45.1 Å².